The Balaban J connectivity index is 1.10. The van der Waals surface area contributed by atoms with Crippen molar-refractivity contribution >= 4 is 17.9 Å². The van der Waals surface area contributed by atoms with E-state index in [1.54, 1.807) is 12.1 Å². The molecule has 9 N–H and O–H groups in total. The van der Waals surface area contributed by atoms with Crippen LogP contribution in [0.25, 0.3) is 12.2 Å². The molecule has 20 atom stereocenters. The topological polar surface area (TPSA) is 200 Å². The van der Waals surface area contributed by atoms with Crippen LogP contribution in [0.15, 0.2) is 59.7 Å². The molecular formula is C61H81NO10. The second kappa shape index (κ2) is 16.3. The second-order valence-corrected chi connectivity index (χ2v) is 26.2. The molecule has 2 aromatic carbocycles. The van der Waals surface area contributed by atoms with Gasteiger partial charge >= 0.3 is 0 Å². The number of ether oxygens (including phenoxy) is 1. The summed E-state index contributed by atoms with van der Waals surface area (Å²) in [7, 11) is 0. The number of phenols is 2. The Morgan fingerprint density at radius 1 is 0.917 bits per heavy atom. The van der Waals surface area contributed by atoms with Crippen LogP contribution < -0.4 is 15.8 Å². The molecular weight excluding hydrogens is 907 g/mol. The predicted molar refractivity (Wildman–Crippen MR) is 274 cm³/mol. The third-order valence-corrected chi connectivity index (χ3v) is 23.2. The summed E-state index contributed by atoms with van der Waals surface area (Å²) in [6.07, 6.45) is 13.3. The summed E-state index contributed by atoms with van der Waals surface area (Å²) >= 11 is 0. The summed E-state index contributed by atoms with van der Waals surface area (Å²) in [5, 5.41) is 107. The molecule has 11 aliphatic rings. The van der Waals surface area contributed by atoms with Crippen molar-refractivity contribution in [3.63, 3.8) is 0 Å². The van der Waals surface area contributed by atoms with Gasteiger partial charge in [-0.2, -0.15) is 0 Å². The number of fused-ring (bicyclic) bond motifs is 17. The fourth-order valence-corrected chi connectivity index (χ4v) is 20.4. The zero-order valence-electron chi connectivity index (χ0n) is 43.4. The van der Waals surface area contributed by atoms with Gasteiger partial charge in [0.05, 0.1) is 29.5 Å². The first-order valence-electron chi connectivity index (χ1n) is 28.0. The van der Waals surface area contributed by atoms with Crippen molar-refractivity contribution in [3.8, 4) is 11.5 Å². The van der Waals surface area contributed by atoms with Crippen LogP contribution in [0.2, 0.25) is 0 Å². The summed E-state index contributed by atoms with van der Waals surface area (Å²) in [5.41, 5.74) is -7.23. The first-order valence-corrected chi connectivity index (χ1v) is 28.0. The number of rotatable bonds is 9. The largest absolute Gasteiger partial charge is 0.508 e. The number of nitrogens with one attached hydrogen (secondary N) is 1. The molecule has 5 saturated carbocycles. The van der Waals surface area contributed by atoms with E-state index in [1.165, 1.54) is 11.3 Å². The monoisotopic (exact) mass is 988 g/mol. The van der Waals surface area contributed by atoms with E-state index in [1.807, 2.05) is 0 Å². The standard InChI is InChI=1S/C61H81NO10/c1-7-9-10-15-36-28-57(43-23-35-14-12-11-13-34(35)22-40(36)43)32-56(6)52-47(72-61(59(52,70)20-21-63)42-17-18-54(4,33(3)53(61)68)27-37(42)31-62-8-2)29-60(56,71)44-26-46(66)50-49-41-24-38(64)25-45(65)39(41)16-19-58(49,69)48(67)30-55(50,5)51(44)57/h11-14,22-27,33,36,40,42-43,47-53,62-65,67-71H,7-10,15-21,28-32H2,1-6H3. The van der Waals surface area contributed by atoms with Crippen LogP contribution in [-0.2, 0) is 16.0 Å². The summed E-state index contributed by atoms with van der Waals surface area (Å²) in [4.78, 5) is 15.9. The minimum absolute atomic E-state index is 0.0654. The molecule has 2 aromatic rings. The number of unbranched alkanes of at least 4 members (excludes halogenated alkanes) is 2. The molecule has 6 fully saturated rings. The number of allylic oxidation sites excluding steroid dienone is 2. The van der Waals surface area contributed by atoms with Crippen molar-refractivity contribution in [1.29, 1.82) is 0 Å². The molecule has 10 aliphatic carbocycles. The molecule has 2 spiro atoms. The highest BCUT2D eigenvalue weighted by molar-refractivity contribution is 5.96. The number of aromatic hydroxyl groups is 2. The third-order valence-electron chi connectivity index (χ3n) is 23.2. The van der Waals surface area contributed by atoms with Gasteiger partial charge in [0, 0.05) is 61.1 Å². The minimum atomic E-state index is -1.81. The number of likely N-dealkylation sites (N-methyl/N-ethyl adjacent to an activating group) is 1. The van der Waals surface area contributed by atoms with Crippen LogP contribution in [0.3, 0.4) is 0 Å². The van der Waals surface area contributed by atoms with E-state index in [0.29, 0.717) is 36.1 Å². The fraction of sp³-hybridized carbons (Fsp3) is 0.689. The zero-order chi connectivity index (χ0) is 50.9. The molecule has 390 valence electrons. The van der Waals surface area contributed by atoms with Gasteiger partial charge in [0.1, 0.15) is 22.7 Å². The highest BCUT2D eigenvalue weighted by Crippen LogP contribution is 2.82. The maximum Gasteiger partial charge on any atom is 0.160 e. The Morgan fingerprint density at radius 2 is 1.67 bits per heavy atom. The Bertz CT molecular complexity index is 2770. The van der Waals surface area contributed by atoms with Crippen molar-refractivity contribution in [1.82, 2.24) is 5.32 Å². The smallest absolute Gasteiger partial charge is 0.160 e. The molecule has 11 heteroatoms. The lowest BCUT2D eigenvalue weighted by molar-refractivity contribution is -0.255. The van der Waals surface area contributed by atoms with Crippen LogP contribution in [-0.4, -0.2) is 107 Å². The van der Waals surface area contributed by atoms with Gasteiger partial charge in [0.15, 0.2) is 5.78 Å². The minimum Gasteiger partial charge on any atom is -0.508 e. The van der Waals surface area contributed by atoms with Gasteiger partial charge in [-0.05, 0) is 143 Å². The van der Waals surface area contributed by atoms with Crippen molar-refractivity contribution in [2.45, 2.75) is 172 Å². The van der Waals surface area contributed by atoms with E-state index >= 15 is 4.79 Å². The van der Waals surface area contributed by atoms with Gasteiger partial charge in [0.25, 0.3) is 0 Å². The first kappa shape index (κ1) is 49.5. The van der Waals surface area contributed by atoms with Gasteiger partial charge in [-0.1, -0.05) is 109 Å². The van der Waals surface area contributed by atoms with Crippen molar-refractivity contribution in [2.24, 2.45) is 69.0 Å². The highest BCUT2D eigenvalue weighted by atomic mass is 16.6. The number of hydrogen-bond donors (Lipinski definition) is 9. The van der Waals surface area contributed by atoms with E-state index in [0.717, 1.165) is 55.9 Å². The van der Waals surface area contributed by atoms with Crippen molar-refractivity contribution < 1.29 is 50.4 Å². The Hall–Kier alpha value is -3.39. The normalized spacial score (nSPS) is 49.0. The van der Waals surface area contributed by atoms with Crippen LogP contribution in [0.4, 0.5) is 0 Å². The van der Waals surface area contributed by atoms with Gasteiger partial charge in [-0.25, -0.2) is 0 Å². The van der Waals surface area contributed by atoms with Crippen LogP contribution in [0.5, 0.6) is 11.5 Å². The van der Waals surface area contributed by atoms with E-state index in [4.69, 9.17) is 4.74 Å². The maximum absolute atomic E-state index is 15.9. The average molecular weight is 988 g/mol. The van der Waals surface area contributed by atoms with E-state index in [2.05, 4.69) is 89.4 Å². The van der Waals surface area contributed by atoms with Gasteiger partial charge in [0.2, 0.25) is 0 Å². The molecule has 2 bridgehead atoms. The van der Waals surface area contributed by atoms with Crippen LogP contribution in [0.1, 0.15) is 136 Å². The molecule has 1 saturated heterocycles. The van der Waals surface area contributed by atoms with E-state index in [9.17, 15) is 40.9 Å². The molecule has 1 aliphatic heterocycles. The lowest BCUT2D eigenvalue weighted by atomic mass is 9.35. The van der Waals surface area contributed by atoms with Gasteiger partial charge in [-0.15, -0.1) is 0 Å². The first-order chi connectivity index (χ1) is 34.2. The number of aliphatic hydroxyl groups is 6. The summed E-state index contributed by atoms with van der Waals surface area (Å²) in [5.74, 6) is -4.04. The average Bonchev–Trinajstić information content (AvgIpc) is 3.82. The Labute approximate surface area is 425 Å². The maximum atomic E-state index is 15.9. The summed E-state index contributed by atoms with van der Waals surface area (Å²) in [6.45, 7) is 13.8. The van der Waals surface area contributed by atoms with E-state index in [-0.39, 0.29) is 91.0 Å². The lowest BCUT2D eigenvalue weighted by Crippen LogP contribution is -2.73. The Morgan fingerprint density at radius 3 is 2.39 bits per heavy atom. The molecule has 0 radical (unpaired) electrons. The van der Waals surface area contributed by atoms with Crippen molar-refractivity contribution in [3.05, 3.63) is 81.3 Å². The molecule has 0 aromatic heterocycles. The number of carbonyl (C=O) groups excluding carboxylic acids is 1. The SMILES string of the molecule is CCCCCC1CC2(CC3(C)C4C(CC3(O)C3=CC(=O)C5C6c7cc(O)cc(O)c7CCC6(O)C(O)CC5(C)C32)OC2(C3CCC(C)(C=C3CNCC)C(C)C2O)C4(O)CCO)C2C=c3ccccc3=CC12. The number of phenolic OH excluding ortho intramolecular Hbond substituents is 2. The number of ketones is 1. The van der Waals surface area contributed by atoms with Gasteiger partial charge < -0.3 is 50.9 Å². The predicted octanol–water partition coefficient (Wildman–Crippen LogP) is 5.84. The van der Waals surface area contributed by atoms with E-state index < -0.39 is 80.6 Å². The lowest BCUT2D eigenvalue weighted by Gasteiger charge is -2.70. The molecule has 20 unspecified atom stereocenters. The fourth-order valence-electron chi connectivity index (χ4n) is 20.4. The van der Waals surface area contributed by atoms with Crippen LogP contribution >= 0.6 is 0 Å². The third kappa shape index (κ3) is 6.06. The quantitative estimate of drug-likeness (QED) is 0.108. The molecule has 11 nitrogen and oxygen atoms in total. The zero-order valence-corrected chi connectivity index (χ0v) is 43.4. The molecule has 72 heavy (non-hydrogen) atoms. The van der Waals surface area contributed by atoms with Crippen LogP contribution in [0, 0.1) is 69.0 Å². The number of aliphatic hydroxyl groups excluding tert-OH is 3. The number of carbonyl (C=O) groups is 1. The molecule has 0 amide bonds. The molecule has 13 rings (SSSR count). The number of benzene rings is 2. The summed E-state index contributed by atoms with van der Waals surface area (Å²) in [6, 6.07) is 11.4. The molecule has 1 heterocycles. The highest BCUT2D eigenvalue weighted by Gasteiger charge is 2.85. The number of hydrogen-bond acceptors (Lipinski definition) is 11. The van der Waals surface area contributed by atoms with Gasteiger partial charge in [-0.3, -0.25) is 4.79 Å². The summed E-state index contributed by atoms with van der Waals surface area (Å²) < 4.78 is 7.66. The van der Waals surface area contributed by atoms with Crippen molar-refractivity contribution in [2.75, 3.05) is 19.7 Å². The Kier molecular flexibility index (Phi) is 11.2. The second-order valence-electron chi connectivity index (χ2n) is 26.2.